The van der Waals surface area contributed by atoms with Crippen LogP contribution in [0.2, 0.25) is 5.02 Å². The largest absolute Gasteiger partial charge is 0.483 e. The van der Waals surface area contributed by atoms with E-state index in [1.807, 2.05) is 19.1 Å². The van der Waals surface area contributed by atoms with E-state index in [2.05, 4.69) is 35.2 Å². The third kappa shape index (κ3) is 3.62. The molecule has 0 radical (unpaired) electrons. The summed E-state index contributed by atoms with van der Waals surface area (Å²) in [7, 11) is 0. The lowest BCUT2D eigenvalue weighted by atomic mass is 9.84. The van der Waals surface area contributed by atoms with Crippen LogP contribution in [0.1, 0.15) is 42.1 Å². The topological polar surface area (TPSA) is 38.5 Å². The van der Waals surface area contributed by atoms with Crippen LogP contribution in [-0.4, -0.2) is 30.1 Å². The Bertz CT molecular complexity index is 778. The summed E-state index contributed by atoms with van der Waals surface area (Å²) in [6.07, 6.45) is 4.46. The summed E-state index contributed by atoms with van der Waals surface area (Å²) in [6, 6.07) is 15.3. The molecule has 1 aliphatic heterocycles. The quantitative estimate of drug-likeness (QED) is 0.864. The van der Waals surface area contributed by atoms with Gasteiger partial charge in [0.2, 0.25) is 0 Å². The lowest BCUT2D eigenvalue weighted by molar-refractivity contribution is 0.0368. The van der Waals surface area contributed by atoms with Crippen LogP contribution in [0.15, 0.2) is 42.5 Å². The Morgan fingerprint density at radius 2 is 2.00 bits per heavy atom. The smallest absolute Gasteiger partial charge is 0.139 e. The number of nitrogens with two attached hydrogens (primary N) is 1. The molecule has 2 unspecified atom stereocenters. The highest BCUT2D eigenvalue weighted by Crippen LogP contribution is 2.39. The summed E-state index contributed by atoms with van der Waals surface area (Å²) in [6.45, 7) is 4.10. The summed E-state index contributed by atoms with van der Waals surface area (Å²) >= 11 is 6.47. The predicted octanol–water partition coefficient (Wildman–Crippen LogP) is 4.51. The van der Waals surface area contributed by atoms with Gasteiger partial charge in [-0.15, -0.1) is 0 Å². The van der Waals surface area contributed by atoms with Crippen LogP contribution in [0, 0.1) is 6.92 Å². The molecule has 4 rings (SSSR count). The highest BCUT2D eigenvalue weighted by atomic mass is 35.5. The molecule has 1 fully saturated rings. The Kier molecular flexibility index (Phi) is 5.21. The van der Waals surface area contributed by atoms with Gasteiger partial charge in [-0.3, -0.25) is 4.90 Å². The van der Waals surface area contributed by atoms with E-state index in [-0.39, 0.29) is 12.1 Å². The molecular weight excluding hydrogens is 344 g/mol. The monoisotopic (exact) mass is 370 g/mol. The van der Waals surface area contributed by atoms with Crippen molar-refractivity contribution in [2.75, 3.05) is 13.1 Å². The van der Waals surface area contributed by atoms with Gasteiger partial charge in [-0.2, -0.15) is 0 Å². The van der Waals surface area contributed by atoms with Gasteiger partial charge >= 0.3 is 0 Å². The van der Waals surface area contributed by atoms with Gasteiger partial charge in [0.1, 0.15) is 11.9 Å². The number of likely N-dealkylation sites (tertiary alicyclic amines) is 1. The van der Waals surface area contributed by atoms with Crippen LogP contribution in [0.25, 0.3) is 0 Å². The molecule has 138 valence electrons. The van der Waals surface area contributed by atoms with E-state index >= 15 is 0 Å². The van der Waals surface area contributed by atoms with Gasteiger partial charge in [0.15, 0.2) is 0 Å². The van der Waals surface area contributed by atoms with Crippen molar-refractivity contribution in [1.82, 2.24) is 4.90 Å². The standard InChI is InChI=1S/C22H27ClN2O/c1-15-8-11-21(19(23)13-15)26-22-18-7-3-2-5-16(18)9-10-20(22)25-12-4-6-17(24)14-25/h2-3,5,7-8,11,13,17,20,22H,4,6,9-10,12,14,24H2,1H3/t17-,20?,22?/m1/s1. The van der Waals surface area contributed by atoms with Crippen LogP contribution in [0.5, 0.6) is 5.75 Å². The summed E-state index contributed by atoms with van der Waals surface area (Å²) in [4.78, 5) is 2.54. The molecule has 3 nitrogen and oxygen atoms in total. The third-order valence-electron chi connectivity index (χ3n) is 5.72. The third-order valence-corrected chi connectivity index (χ3v) is 6.02. The van der Waals surface area contributed by atoms with Gasteiger partial charge in [-0.25, -0.2) is 0 Å². The fourth-order valence-electron chi connectivity index (χ4n) is 4.40. The van der Waals surface area contributed by atoms with E-state index in [0.717, 1.165) is 50.1 Å². The molecule has 26 heavy (non-hydrogen) atoms. The zero-order valence-electron chi connectivity index (χ0n) is 15.3. The molecule has 2 aromatic rings. The minimum absolute atomic E-state index is 0.00884. The Morgan fingerprint density at radius 1 is 1.15 bits per heavy atom. The Balaban J connectivity index is 1.67. The van der Waals surface area contributed by atoms with Crippen molar-refractivity contribution >= 4 is 11.6 Å². The van der Waals surface area contributed by atoms with Crippen molar-refractivity contribution < 1.29 is 4.74 Å². The molecule has 0 aromatic heterocycles. The molecule has 2 N–H and O–H groups in total. The van der Waals surface area contributed by atoms with Gasteiger partial charge in [0.25, 0.3) is 0 Å². The number of nitrogens with zero attached hydrogens (tertiary/aromatic N) is 1. The normalized spacial score (nSPS) is 26.3. The van der Waals surface area contributed by atoms with E-state index in [9.17, 15) is 0 Å². The second-order valence-corrected chi connectivity index (χ2v) is 8.08. The molecule has 2 aliphatic rings. The first-order valence-electron chi connectivity index (χ1n) is 9.62. The molecule has 0 saturated carbocycles. The zero-order chi connectivity index (χ0) is 18.1. The molecule has 1 saturated heterocycles. The number of hydrogen-bond donors (Lipinski definition) is 1. The maximum Gasteiger partial charge on any atom is 0.139 e. The second-order valence-electron chi connectivity index (χ2n) is 7.67. The molecule has 0 spiro atoms. The fraction of sp³-hybridized carbons (Fsp3) is 0.455. The average molecular weight is 371 g/mol. The SMILES string of the molecule is Cc1ccc(OC2c3ccccc3CCC2N2CCC[C@@H](N)C2)c(Cl)c1. The van der Waals surface area contributed by atoms with E-state index in [4.69, 9.17) is 22.1 Å². The highest BCUT2D eigenvalue weighted by molar-refractivity contribution is 6.32. The second kappa shape index (κ2) is 7.59. The number of fused-ring (bicyclic) bond motifs is 1. The first-order chi connectivity index (χ1) is 12.6. The maximum absolute atomic E-state index is 6.55. The summed E-state index contributed by atoms with van der Waals surface area (Å²) < 4.78 is 6.55. The minimum Gasteiger partial charge on any atom is -0.483 e. The van der Waals surface area contributed by atoms with Gasteiger partial charge < -0.3 is 10.5 Å². The highest BCUT2D eigenvalue weighted by Gasteiger charge is 2.36. The summed E-state index contributed by atoms with van der Waals surface area (Å²) in [5.41, 5.74) is 10.1. The number of rotatable bonds is 3. The number of piperidine rings is 1. The van der Waals surface area contributed by atoms with Crippen molar-refractivity contribution in [3.63, 3.8) is 0 Å². The molecule has 2 aromatic carbocycles. The van der Waals surface area contributed by atoms with Gasteiger partial charge in [0.05, 0.1) is 11.1 Å². The van der Waals surface area contributed by atoms with Crippen molar-refractivity contribution in [3.05, 3.63) is 64.2 Å². The molecule has 4 heteroatoms. The molecule has 1 heterocycles. The Morgan fingerprint density at radius 3 is 2.81 bits per heavy atom. The number of aryl methyl sites for hydroxylation is 2. The van der Waals surface area contributed by atoms with E-state index in [1.165, 1.54) is 11.1 Å². The van der Waals surface area contributed by atoms with Crippen molar-refractivity contribution in [2.24, 2.45) is 5.73 Å². The lowest BCUT2D eigenvalue weighted by Crippen LogP contribution is -2.51. The fourth-order valence-corrected chi connectivity index (χ4v) is 4.68. The molecular formula is C22H27ClN2O. The van der Waals surface area contributed by atoms with Gasteiger partial charge in [-0.1, -0.05) is 41.9 Å². The van der Waals surface area contributed by atoms with Gasteiger partial charge in [-0.05, 0) is 68.0 Å². The average Bonchev–Trinajstić information content (AvgIpc) is 2.64. The van der Waals surface area contributed by atoms with Crippen molar-refractivity contribution in [2.45, 2.75) is 50.8 Å². The molecule has 1 aliphatic carbocycles. The van der Waals surface area contributed by atoms with Crippen LogP contribution < -0.4 is 10.5 Å². The molecule has 0 bridgehead atoms. The number of halogens is 1. The number of hydrogen-bond acceptors (Lipinski definition) is 3. The van der Waals surface area contributed by atoms with E-state index < -0.39 is 0 Å². The first-order valence-corrected chi connectivity index (χ1v) is 10.00. The maximum atomic E-state index is 6.55. The Hall–Kier alpha value is -1.55. The summed E-state index contributed by atoms with van der Waals surface area (Å²) in [5.74, 6) is 0.769. The van der Waals surface area contributed by atoms with E-state index in [1.54, 1.807) is 0 Å². The van der Waals surface area contributed by atoms with Crippen LogP contribution in [0.3, 0.4) is 0 Å². The van der Waals surface area contributed by atoms with Crippen LogP contribution >= 0.6 is 11.6 Å². The first kappa shape index (κ1) is 17.8. The molecule has 0 amide bonds. The number of ether oxygens (including phenoxy) is 1. The lowest BCUT2D eigenvalue weighted by Gasteiger charge is -2.43. The summed E-state index contributed by atoms with van der Waals surface area (Å²) in [5, 5.41) is 0.683. The molecule has 3 atom stereocenters. The van der Waals surface area contributed by atoms with Crippen molar-refractivity contribution in [3.8, 4) is 5.75 Å². The van der Waals surface area contributed by atoms with Crippen LogP contribution in [0.4, 0.5) is 0 Å². The minimum atomic E-state index is -0.00884. The van der Waals surface area contributed by atoms with Crippen molar-refractivity contribution in [1.29, 1.82) is 0 Å². The number of benzene rings is 2. The predicted molar refractivity (Wildman–Crippen MR) is 107 cm³/mol. The van der Waals surface area contributed by atoms with Gasteiger partial charge in [0, 0.05) is 12.6 Å². The van der Waals surface area contributed by atoms with E-state index in [0.29, 0.717) is 11.1 Å². The van der Waals surface area contributed by atoms with Crippen LogP contribution in [-0.2, 0) is 6.42 Å². The Labute approximate surface area is 161 Å². The zero-order valence-corrected chi connectivity index (χ0v) is 16.1.